The molecule has 0 aliphatic carbocycles. The molecule has 0 radical (unpaired) electrons. The van der Waals surface area contributed by atoms with E-state index in [4.69, 9.17) is 15.7 Å². The summed E-state index contributed by atoms with van der Waals surface area (Å²) in [7, 11) is 0. The molecule has 7 nitrogen and oxygen atoms in total. The van der Waals surface area contributed by atoms with Gasteiger partial charge in [0.2, 0.25) is 0 Å². The molecule has 7 heteroatoms. The first kappa shape index (κ1) is 12.3. The zero-order valence-electron chi connectivity index (χ0n) is 9.61. The average Bonchev–Trinajstić information content (AvgIpc) is 2.41. The molecule has 94 valence electrons. The van der Waals surface area contributed by atoms with Crippen molar-refractivity contribution in [1.29, 1.82) is 5.26 Å². The summed E-state index contributed by atoms with van der Waals surface area (Å²) in [6.07, 6.45) is 1.21. The molecule has 0 saturated carbocycles. The first-order valence-corrected chi connectivity index (χ1v) is 5.18. The number of rotatable bonds is 3. The van der Waals surface area contributed by atoms with Crippen LogP contribution in [0.2, 0.25) is 0 Å². The second-order valence-corrected chi connectivity index (χ2v) is 3.59. The third-order valence-corrected chi connectivity index (χ3v) is 2.25. The van der Waals surface area contributed by atoms with Crippen LogP contribution in [0.4, 0.5) is 11.4 Å². The van der Waals surface area contributed by atoms with Crippen LogP contribution in [0.1, 0.15) is 5.56 Å². The molecule has 2 rings (SSSR count). The number of hydrogen-bond donors (Lipinski definition) is 1. The van der Waals surface area contributed by atoms with Gasteiger partial charge in [-0.25, -0.2) is 4.98 Å². The summed E-state index contributed by atoms with van der Waals surface area (Å²) in [5, 5.41) is 19.6. The van der Waals surface area contributed by atoms with E-state index in [-0.39, 0.29) is 17.1 Å². The van der Waals surface area contributed by atoms with Gasteiger partial charge in [0.05, 0.1) is 10.5 Å². The van der Waals surface area contributed by atoms with E-state index in [1.54, 1.807) is 30.3 Å². The molecule has 0 atom stereocenters. The Bertz CT molecular complexity index is 662. The number of nitrogen functional groups attached to an aromatic ring is 1. The minimum atomic E-state index is -0.652. The Kier molecular flexibility index (Phi) is 3.25. The highest BCUT2D eigenvalue weighted by atomic mass is 16.6. The maximum atomic E-state index is 10.9. The van der Waals surface area contributed by atoms with E-state index in [1.165, 1.54) is 6.20 Å². The summed E-state index contributed by atoms with van der Waals surface area (Å²) in [4.78, 5) is 14.0. The van der Waals surface area contributed by atoms with Gasteiger partial charge in [0.25, 0.3) is 5.88 Å². The van der Waals surface area contributed by atoms with Crippen LogP contribution >= 0.6 is 0 Å². The molecule has 19 heavy (non-hydrogen) atoms. The number of nitriles is 1. The van der Waals surface area contributed by atoms with Crippen LogP contribution in [0.15, 0.2) is 36.5 Å². The Hall–Kier alpha value is -3.14. The smallest absolute Gasteiger partial charge is 0.332 e. The predicted octanol–water partition coefficient (Wildman–Crippen LogP) is 2.24. The summed E-state index contributed by atoms with van der Waals surface area (Å²) < 4.78 is 5.31. The molecule has 1 aromatic carbocycles. The lowest BCUT2D eigenvalue weighted by Gasteiger charge is -2.05. The highest BCUT2D eigenvalue weighted by Crippen LogP contribution is 2.29. The monoisotopic (exact) mass is 256 g/mol. The minimum absolute atomic E-state index is 0.0938. The zero-order chi connectivity index (χ0) is 13.8. The van der Waals surface area contributed by atoms with Gasteiger partial charge < -0.3 is 10.5 Å². The number of pyridine rings is 1. The molecule has 0 aliphatic heterocycles. The number of nitro groups is 1. The summed E-state index contributed by atoms with van der Waals surface area (Å²) >= 11 is 0. The largest absolute Gasteiger partial charge is 0.434 e. The lowest BCUT2D eigenvalue weighted by Crippen LogP contribution is -1.97. The summed E-state index contributed by atoms with van der Waals surface area (Å²) in [6.45, 7) is 0. The Balaban J connectivity index is 2.37. The Morgan fingerprint density at radius 3 is 2.63 bits per heavy atom. The van der Waals surface area contributed by atoms with Gasteiger partial charge in [0, 0.05) is 18.0 Å². The van der Waals surface area contributed by atoms with Gasteiger partial charge in [-0.15, -0.1) is 0 Å². The van der Waals surface area contributed by atoms with Gasteiger partial charge in [-0.3, -0.25) is 10.1 Å². The number of anilines is 1. The fourth-order valence-corrected chi connectivity index (χ4v) is 1.36. The number of hydrogen-bond acceptors (Lipinski definition) is 6. The second kappa shape index (κ2) is 5.01. The van der Waals surface area contributed by atoms with Crippen molar-refractivity contribution in [2.45, 2.75) is 0 Å². The van der Waals surface area contributed by atoms with Crippen LogP contribution in [-0.4, -0.2) is 9.91 Å². The van der Waals surface area contributed by atoms with Crippen molar-refractivity contribution in [2.24, 2.45) is 0 Å². The molecule has 0 spiro atoms. The van der Waals surface area contributed by atoms with Gasteiger partial charge in [0.15, 0.2) is 0 Å². The third kappa shape index (κ3) is 2.76. The number of aromatic nitrogens is 1. The van der Waals surface area contributed by atoms with E-state index in [2.05, 4.69) is 4.98 Å². The van der Waals surface area contributed by atoms with Gasteiger partial charge in [-0.2, -0.15) is 5.26 Å². The second-order valence-electron chi connectivity index (χ2n) is 3.59. The van der Waals surface area contributed by atoms with Crippen LogP contribution in [-0.2, 0) is 0 Å². The molecule has 2 N–H and O–H groups in total. The molecule has 0 bridgehead atoms. The summed E-state index contributed by atoms with van der Waals surface area (Å²) in [5.41, 5.74) is 5.80. The average molecular weight is 256 g/mol. The van der Waals surface area contributed by atoms with Crippen molar-refractivity contribution < 1.29 is 9.66 Å². The van der Waals surface area contributed by atoms with Gasteiger partial charge in [-0.1, -0.05) is 0 Å². The molecular weight excluding hydrogens is 248 g/mol. The summed E-state index contributed by atoms with van der Waals surface area (Å²) in [5.74, 6) is 0.197. The molecule has 2 aromatic rings. The molecule has 1 aromatic heterocycles. The first-order valence-electron chi connectivity index (χ1n) is 5.18. The van der Waals surface area contributed by atoms with E-state index >= 15 is 0 Å². The van der Waals surface area contributed by atoms with E-state index in [1.807, 2.05) is 0 Å². The number of benzene rings is 1. The van der Waals surface area contributed by atoms with Crippen LogP contribution in [0.5, 0.6) is 11.6 Å². The van der Waals surface area contributed by atoms with E-state index in [0.29, 0.717) is 11.4 Å². The standard InChI is InChI=1S/C12H8N4O3/c13-6-8-5-11(16(17)18)12(15-7-8)19-10-3-1-9(14)2-4-10/h1-5,7H,14H2. The van der Waals surface area contributed by atoms with Crippen molar-refractivity contribution in [3.8, 4) is 17.7 Å². The highest BCUT2D eigenvalue weighted by molar-refractivity contribution is 5.49. The van der Waals surface area contributed by atoms with Gasteiger partial charge in [0.1, 0.15) is 11.8 Å². The molecular formula is C12H8N4O3. The Morgan fingerprint density at radius 2 is 2.05 bits per heavy atom. The fraction of sp³-hybridized carbons (Fsp3) is 0. The molecule has 0 saturated heterocycles. The highest BCUT2D eigenvalue weighted by Gasteiger charge is 2.18. The van der Waals surface area contributed by atoms with Crippen LogP contribution in [0.3, 0.4) is 0 Å². The summed E-state index contributed by atoms with van der Waals surface area (Å²) in [6, 6.07) is 9.23. The van der Waals surface area contributed by atoms with E-state index in [0.717, 1.165) is 6.07 Å². The lowest BCUT2D eigenvalue weighted by atomic mass is 10.3. The molecule has 0 amide bonds. The quantitative estimate of drug-likeness (QED) is 0.511. The van der Waals surface area contributed by atoms with Crippen molar-refractivity contribution in [3.63, 3.8) is 0 Å². The number of nitrogens with two attached hydrogens (primary N) is 1. The maximum absolute atomic E-state index is 10.9. The first-order chi connectivity index (χ1) is 9.10. The van der Waals surface area contributed by atoms with Crippen molar-refractivity contribution in [3.05, 3.63) is 52.2 Å². The maximum Gasteiger partial charge on any atom is 0.332 e. The van der Waals surface area contributed by atoms with E-state index in [9.17, 15) is 10.1 Å². The van der Waals surface area contributed by atoms with Crippen LogP contribution < -0.4 is 10.5 Å². The molecule has 0 fully saturated rings. The minimum Gasteiger partial charge on any atom is -0.434 e. The Labute approximate surface area is 108 Å². The van der Waals surface area contributed by atoms with Gasteiger partial charge in [-0.05, 0) is 24.3 Å². The Morgan fingerprint density at radius 1 is 1.37 bits per heavy atom. The van der Waals surface area contributed by atoms with Crippen LogP contribution in [0, 0.1) is 21.4 Å². The molecule has 0 aliphatic rings. The number of ether oxygens (including phenoxy) is 1. The SMILES string of the molecule is N#Cc1cnc(Oc2ccc(N)cc2)c([N+](=O)[O-])c1. The normalized spacial score (nSPS) is 9.63. The molecule has 1 heterocycles. The fourth-order valence-electron chi connectivity index (χ4n) is 1.36. The topological polar surface area (TPSA) is 115 Å². The van der Waals surface area contributed by atoms with Crippen LogP contribution in [0.25, 0.3) is 0 Å². The predicted molar refractivity (Wildman–Crippen MR) is 66.5 cm³/mol. The molecule has 0 unspecified atom stereocenters. The van der Waals surface area contributed by atoms with Gasteiger partial charge >= 0.3 is 5.69 Å². The lowest BCUT2D eigenvalue weighted by molar-refractivity contribution is -0.386. The van der Waals surface area contributed by atoms with Crippen molar-refractivity contribution in [2.75, 3.05) is 5.73 Å². The zero-order valence-corrected chi connectivity index (χ0v) is 9.61. The number of nitrogens with zero attached hydrogens (tertiary/aromatic N) is 3. The third-order valence-electron chi connectivity index (χ3n) is 2.25. The van der Waals surface area contributed by atoms with Crippen molar-refractivity contribution in [1.82, 2.24) is 4.98 Å². The van der Waals surface area contributed by atoms with Crippen molar-refractivity contribution >= 4 is 11.4 Å². The van der Waals surface area contributed by atoms with E-state index < -0.39 is 4.92 Å².